The zero-order valence-electron chi connectivity index (χ0n) is 6.84. The van der Waals surface area contributed by atoms with Gasteiger partial charge in [-0.1, -0.05) is 13.3 Å². The van der Waals surface area contributed by atoms with Crippen molar-refractivity contribution in [3.05, 3.63) is 0 Å². The Hall–Kier alpha value is -0.570. The topological polar surface area (TPSA) is 49.3 Å². The molecule has 0 aromatic carbocycles. The minimum Gasteiger partial charge on any atom is -0.394 e. The molecule has 1 fully saturated rings. The average molecular weight is 157 g/mol. The van der Waals surface area contributed by atoms with Crippen molar-refractivity contribution in [1.29, 1.82) is 0 Å². The SMILES string of the molecule is CCCC1CC(=O)NC1CO. The molecule has 2 atom stereocenters. The van der Waals surface area contributed by atoms with Gasteiger partial charge in [0, 0.05) is 6.42 Å². The number of hydrogen-bond donors (Lipinski definition) is 2. The lowest BCUT2D eigenvalue weighted by molar-refractivity contribution is -0.119. The van der Waals surface area contributed by atoms with Gasteiger partial charge >= 0.3 is 0 Å². The number of amides is 1. The van der Waals surface area contributed by atoms with Crippen molar-refractivity contribution in [2.75, 3.05) is 6.61 Å². The van der Waals surface area contributed by atoms with Crippen LogP contribution in [0.25, 0.3) is 0 Å². The molecular formula is C8H15NO2. The van der Waals surface area contributed by atoms with E-state index in [9.17, 15) is 4.79 Å². The highest BCUT2D eigenvalue weighted by Gasteiger charge is 2.30. The van der Waals surface area contributed by atoms with Crippen LogP contribution in [-0.2, 0) is 4.79 Å². The Bertz CT molecular complexity index is 147. The molecule has 2 unspecified atom stereocenters. The molecule has 1 aliphatic rings. The molecular weight excluding hydrogens is 142 g/mol. The van der Waals surface area contributed by atoms with Crippen LogP contribution in [0.15, 0.2) is 0 Å². The molecule has 3 nitrogen and oxygen atoms in total. The Morgan fingerprint density at radius 1 is 1.73 bits per heavy atom. The van der Waals surface area contributed by atoms with E-state index in [1.165, 1.54) is 0 Å². The number of rotatable bonds is 3. The predicted molar refractivity (Wildman–Crippen MR) is 42.0 cm³/mol. The fourth-order valence-electron chi connectivity index (χ4n) is 1.63. The van der Waals surface area contributed by atoms with Gasteiger partial charge in [0.25, 0.3) is 0 Å². The Labute approximate surface area is 66.8 Å². The van der Waals surface area contributed by atoms with Crippen molar-refractivity contribution < 1.29 is 9.90 Å². The number of nitrogens with one attached hydrogen (secondary N) is 1. The monoisotopic (exact) mass is 157 g/mol. The molecule has 0 aromatic heterocycles. The molecule has 2 N–H and O–H groups in total. The molecule has 1 heterocycles. The van der Waals surface area contributed by atoms with Gasteiger partial charge in [0.2, 0.25) is 5.91 Å². The summed E-state index contributed by atoms with van der Waals surface area (Å²) in [6.07, 6.45) is 2.71. The normalized spacial score (nSPS) is 30.5. The smallest absolute Gasteiger partial charge is 0.220 e. The first-order chi connectivity index (χ1) is 5.27. The van der Waals surface area contributed by atoms with Gasteiger partial charge in [0.15, 0.2) is 0 Å². The molecule has 64 valence electrons. The highest BCUT2D eigenvalue weighted by Crippen LogP contribution is 2.20. The van der Waals surface area contributed by atoms with Gasteiger partial charge in [0.1, 0.15) is 0 Å². The third kappa shape index (κ3) is 1.93. The Balaban J connectivity index is 2.43. The largest absolute Gasteiger partial charge is 0.394 e. The maximum absolute atomic E-state index is 10.9. The fraction of sp³-hybridized carbons (Fsp3) is 0.875. The van der Waals surface area contributed by atoms with Gasteiger partial charge in [-0.2, -0.15) is 0 Å². The zero-order valence-corrected chi connectivity index (χ0v) is 6.84. The van der Waals surface area contributed by atoms with Crippen molar-refractivity contribution >= 4 is 5.91 Å². The Morgan fingerprint density at radius 2 is 2.45 bits per heavy atom. The summed E-state index contributed by atoms with van der Waals surface area (Å²) in [6, 6.07) is 0.0162. The van der Waals surface area contributed by atoms with Crippen LogP contribution in [0.5, 0.6) is 0 Å². The molecule has 0 aromatic rings. The van der Waals surface area contributed by atoms with Crippen LogP contribution < -0.4 is 5.32 Å². The van der Waals surface area contributed by atoms with Crippen molar-refractivity contribution in [2.24, 2.45) is 5.92 Å². The number of hydrogen-bond acceptors (Lipinski definition) is 2. The van der Waals surface area contributed by atoms with E-state index in [2.05, 4.69) is 12.2 Å². The van der Waals surface area contributed by atoms with E-state index in [4.69, 9.17) is 5.11 Å². The third-order valence-electron chi connectivity index (χ3n) is 2.22. The lowest BCUT2D eigenvalue weighted by Crippen LogP contribution is -2.32. The maximum Gasteiger partial charge on any atom is 0.220 e. The van der Waals surface area contributed by atoms with Crippen molar-refractivity contribution in [1.82, 2.24) is 5.32 Å². The highest BCUT2D eigenvalue weighted by molar-refractivity contribution is 5.79. The van der Waals surface area contributed by atoms with Gasteiger partial charge in [-0.3, -0.25) is 4.79 Å². The fourth-order valence-corrected chi connectivity index (χ4v) is 1.63. The average Bonchev–Trinajstić information content (AvgIpc) is 2.32. The van der Waals surface area contributed by atoms with Gasteiger partial charge in [-0.25, -0.2) is 0 Å². The van der Waals surface area contributed by atoms with Crippen LogP contribution in [0.3, 0.4) is 0 Å². The van der Waals surface area contributed by atoms with E-state index in [0.717, 1.165) is 12.8 Å². The van der Waals surface area contributed by atoms with Crippen LogP contribution >= 0.6 is 0 Å². The Kier molecular flexibility index (Phi) is 2.88. The highest BCUT2D eigenvalue weighted by atomic mass is 16.3. The molecule has 3 heteroatoms. The quantitative estimate of drug-likeness (QED) is 0.618. The number of carbonyl (C=O) groups is 1. The summed E-state index contributed by atoms with van der Waals surface area (Å²) in [4.78, 5) is 10.9. The molecule has 1 aliphatic heterocycles. The molecule has 1 amide bonds. The lowest BCUT2D eigenvalue weighted by Gasteiger charge is -2.14. The van der Waals surface area contributed by atoms with E-state index in [1.54, 1.807) is 0 Å². The summed E-state index contributed by atoms with van der Waals surface area (Å²) in [6.45, 7) is 2.17. The molecule has 0 aliphatic carbocycles. The summed E-state index contributed by atoms with van der Waals surface area (Å²) in [5.74, 6) is 0.444. The molecule has 0 saturated carbocycles. The first-order valence-electron chi connectivity index (χ1n) is 4.18. The summed E-state index contributed by atoms with van der Waals surface area (Å²) < 4.78 is 0. The summed E-state index contributed by atoms with van der Waals surface area (Å²) >= 11 is 0. The van der Waals surface area contributed by atoms with Gasteiger partial charge in [-0.15, -0.1) is 0 Å². The van der Waals surface area contributed by atoms with Crippen molar-refractivity contribution in [3.8, 4) is 0 Å². The molecule has 11 heavy (non-hydrogen) atoms. The first-order valence-corrected chi connectivity index (χ1v) is 4.18. The second-order valence-electron chi connectivity index (χ2n) is 3.11. The molecule has 0 radical (unpaired) electrons. The van der Waals surface area contributed by atoms with Gasteiger partial charge in [0.05, 0.1) is 12.6 Å². The summed E-state index contributed by atoms with van der Waals surface area (Å²) in [5, 5.41) is 11.6. The van der Waals surface area contributed by atoms with Crippen LogP contribution in [0.2, 0.25) is 0 Å². The number of carbonyl (C=O) groups excluding carboxylic acids is 1. The van der Waals surface area contributed by atoms with Gasteiger partial charge in [-0.05, 0) is 12.3 Å². The predicted octanol–water partition coefficient (Wildman–Crippen LogP) is 0.283. The van der Waals surface area contributed by atoms with E-state index in [-0.39, 0.29) is 18.6 Å². The minimum absolute atomic E-state index is 0.0162. The molecule has 1 saturated heterocycles. The van der Waals surface area contributed by atoms with Crippen LogP contribution in [0.4, 0.5) is 0 Å². The second kappa shape index (κ2) is 3.72. The van der Waals surface area contributed by atoms with Gasteiger partial charge < -0.3 is 10.4 Å². The summed E-state index contributed by atoms with van der Waals surface area (Å²) in [7, 11) is 0. The summed E-state index contributed by atoms with van der Waals surface area (Å²) in [5.41, 5.74) is 0. The van der Waals surface area contributed by atoms with Crippen molar-refractivity contribution in [3.63, 3.8) is 0 Å². The lowest BCUT2D eigenvalue weighted by atomic mass is 9.96. The van der Waals surface area contributed by atoms with E-state index in [0.29, 0.717) is 12.3 Å². The van der Waals surface area contributed by atoms with E-state index < -0.39 is 0 Å². The van der Waals surface area contributed by atoms with Crippen LogP contribution in [-0.4, -0.2) is 23.7 Å². The zero-order chi connectivity index (χ0) is 8.27. The van der Waals surface area contributed by atoms with E-state index >= 15 is 0 Å². The van der Waals surface area contributed by atoms with Crippen LogP contribution in [0.1, 0.15) is 26.2 Å². The number of aliphatic hydroxyl groups is 1. The molecule has 1 rings (SSSR count). The van der Waals surface area contributed by atoms with E-state index in [1.807, 2.05) is 0 Å². The van der Waals surface area contributed by atoms with Crippen molar-refractivity contribution in [2.45, 2.75) is 32.2 Å². The molecule has 0 spiro atoms. The number of aliphatic hydroxyl groups excluding tert-OH is 1. The third-order valence-corrected chi connectivity index (χ3v) is 2.22. The maximum atomic E-state index is 10.9. The van der Waals surface area contributed by atoms with Crippen LogP contribution in [0, 0.1) is 5.92 Å². The minimum atomic E-state index is 0.0162. The first kappa shape index (κ1) is 8.53. The standard InChI is InChI=1S/C8H15NO2/c1-2-3-6-4-8(11)9-7(6)5-10/h6-7,10H,2-5H2,1H3,(H,9,11). The Morgan fingerprint density at radius 3 is 3.00 bits per heavy atom. The molecule has 0 bridgehead atoms. The second-order valence-corrected chi connectivity index (χ2v) is 3.11.